The van der Waals surface area contributed by atoms with Gasteiger partial charge in [0.05, 0.1) is 17.4 Å². The van der Waals surface area contributed by atoms with E-state index in [0.717, 1.165) is 11.3 Å². The Kier molecular flexibility index (Phi) is 3.82. The van der Waals surface area contributed by atoms with Crippen LogP contribution in [0.25, 0.3) is 0 Å². The zero-order valence-electron chi connectivity index (χ0n) is 9.63. The first-order valence-corrected chi connectivity index (χ1v) is 6.38. The maximum atomic E-state index is 9.90. The maximum Gasteiger partial charge on any atom is 0.101 e. The Balaban J connectivity index is 1.99. The standard InChI is InChI=1S/C13H13N3OS/c14-6-9-1-2-11(5-12(9)15)16-7-13(17)10-3-4-18-8-10/h1-5,8,13,16-17H,7,15H2. The van der Waals surface area contributed by atoms with Gasteiger partial charge >= 0.3 is 0 Å². The van der Waals surface area contributed by atoms with Crippen LogP contribution in [0.5, 0.6) is 0 Å². The Morgan fingerprint density at radius 2 is 2.28 bits per heavy atom. The third kappa shape index (κ3) is 2.80. The molecule has 0 aliphatic rings. The van der Waals surface area contributed by atoms with Crippen LogP contribution in [-0.4, -0.2) is 11.7 Å². The maximum absolute atomic E-state index is 9.90. The lowest BCUT2D eigenvalue weighted by molar-refractivity contribution is 0.192. The summed E-state index contributed by atoms with van der Waals surface area (Å²) in [6.45, 7) is 0.405. The van der Waals surface area contributed by atoms with Crippen molar-refractivity contribution in [1.82, 2.24) is 0 Å². The minimum Gasteiger partial charge on any atom is -0.398 e. The molecule has 1 unspecified atom stereocenters. The topological polar surface area (TPSA) is 82.1 Å². The van der Waals surface area contributed by atoms with Crippen LogP contribution in [0.2, 0.25) is 0 Å². The summed E-state index contributed by atoms with van der Waals surface area (Å²) >= 11 is 1.55. The van der Waals surface area contributed by atoms with Crippen molar-refractivity contribution >= 4 is 22.7 Å². The van der Waals surface area contributed by atoms with Crippen molar-refractivity contribution in [2.24, 2.45) is 0 Å². The number of nitrogen functional groups attached to an aromatic ring is 1. The highest BCUT2D eigenvalue weighted by atomic mass is 32.1. The molecule has 0 bridgehead atoms. The number of benzene rings is 1. The number of nitriles is 1. The molecule has 18 heavy (non-hydrogen) atoms. The highest BCUT2D eigenvalue weighted by molar-refractivity contribution is 7.07. The number of aliphatic hydroxyl groups excluding tert-OH is 1. The third-order valence-corrected chi connectivity index (χ3v) is 3.30. The van der Waals surface area contributed by atoms with Crippen molar-refractivity contribution < 1.29 is 5.11 Å². The monoisotopic (exact) mass is 259 g/mol. The molecule has 0 radical (unpaired) electrons. The van der Waals surface area contributed by atoms with Gasteiger partial charge in [-0.05, 0) is 40.6 Å². The Morgan fingerprint density at radius 1 is 1.44 bits per heavy atom. The molecule has 1 heterocycles. The summed E-state index contributed by atoms with van der Waals surface area (Å²) < 4.78 is 0. The van der Waals surface area contributed by atoms with E-state index in [9.17, 15) is 5.11 Å². The molecule has 0 saturated heterocycles. The number of thiophene rings is 1. The van der Waals surface area contributed by atoms with Gasteiger partial charge in [0.2, 0.25) is 0 Å². The van der Waals surface area contributed by atoms with Gasteiger partial charge in [0.1, 0.15) is 6.07 Å². The van der Waals surface area contributed by atoms with Crippen molar-refractivity contribution in [2.75, 3.05) is 17.6 Å². The van der Waals surface area contributed by atoms with Crippen molar-refractivity contribution in [3.63, 3.8) is 0 Å². The van der Waals surface area contributed by atoms with E-state index < -0.39 is 6.10 Å². The molecule has 4 N–H and O–H groups in total. The number of rotatable bonds is 4. The van der Waals surface area contributed by atoms with Crippen LogP contribution in [0, 0.1) is 11.3 Å². The van der Waals surface area contributed by atoms with Gasteiger partial charge < -0.3 is 16.2 Å². The first-order valence-electron chi connectivity index (χ1n) is 5.44. The molecule has 0 fully saturated rings. The summed E-state index contributed by atoms with van der Waals surface area (Å²) in [4.78, 5) is 0. The molecule has 0 saturated carbocycles. The molecular weight excluding hydrogens is 246 g/mol. The number of nitrogens with zero attached hydrogens (tertiary/aromatic N) is 1. The Bertz CT molecular complexity index is 560. The molecule has 5 heteroatoms. The van der Waals surface area contributed by atoms with E-state index in [0.29, 0.717) is 17.8 Å². The second kappa shape index (κ2) is 5.54. The Hall–Kier alpha value is -2.03. The highest BCUT2D eigenvalue weighted by Crippen LogP contribution is 2.20. The summed E-state index contributed by atoms with van der Waals surface area (Å²) in [6.07, 6.45) is -0.548. The molecule has 1 atom stereocenters. The van der Waals surface area contributed by atoms with Crippen LogP contribution in [0.1, 0.15) is 17.2 Å². The van der Waals surface area contributed by atoms with Gasteiger partial charge in [-0.3, -0.25) is 0 Å². The lowest BCUT2D eigenvalue weighted by Crippen LogP contribution is -2.11. The molecule has 1 aromatic carbocycles. The quantitative estimate of drug-likeness (QED) is 0.736. The average Bonchev–Trinajstić information content (AvgIpc) is 2.90. The van der Waals surface area contributed by atoms with Gasteiger partial charge in [-0.1, -0.05) is 0 Å². The van der Waals surface area contributed by atoms with Crippen LogP contribution < -0.4 is 11.1 Å². The summed E-state index contributed by atoms with van der Waals surface area (Å²) in [5.41, 5.74) is 8.29. The zero-order valence-corrected chi connectivity index (χ0v) is 10.4. The zero-order chi connectivity index (χ0) is 13.0. The molecule has 0 aliphatic heterocycles. The van der Waals surface area contributed by atoms with E-state index in [4.69, 9.17) is 11.0 Å². The predicted octanol–water partition coefficient (Wildman–Crippen LogP) is 2.35. The molecule has 4 nitrogen and oxygen atoms in total. The Labute approximate surface area is 109 Å². The lowest BCUT2D eigenvalue weighted by atomic mass is 10.1. The first kappa shape index (κ1) is 12.4. The fourth-order valence-electron chi connectivity index (χ4n) is 1.57. The third-order valence-electron chi connectivity index (χ3n) is 2.60. The van der Waals surface area contributed by atoms with Gasteiger partial charge in [-0.25, -0.2) is 0 Å². The molecule has 0 spiro atoms. The van der Waals surface area contributed by atoms with Crippen LogP contribution in [0.3, 0.4) is 0 Å². The lowest BCUT2D eigenvalue weighted by Gasteiger charge is -2.12. The molecular formula is C13H13N3OS. The normalized spacial score (nSPS) is 11.8. The summed E-state index contributed by atoms with van der Waals surface area (Å²) in [6, 6.07) is 9.03. The molecule has 2 rings (SSSR count). The first-order chi connectivity index (χ1) is 8.70. The summed E-state index contributed by atoms with van der Waals surface area (Å²) in [5.74, 6) is 0. The van der Waals surface area contributed by atoms with Gasteiger partial charge in [0.25, 0.3) is 0 Å². The van der Waals surface area contributed by atoms with Crippen molar-refractivity contribution in [3.05, 3.63) is 46.2 Å². The SMILES string of the molecule is N#Cc1ccc(NCC(O)c2ccsc2)cc1N. The van der Waals surface area contributed by atoms with Crippen LogP contribution in [-0.2, 0) is 0 Å². The van der Waals surface area contributed by atoms with E-state index in [-0.39, 0.29) is 0 Å². The number of anilines is 2. The number of hydrogen-bond donors (Lipinski definition) is 3. The minimum absolute atomic E-state index is 0.405. The molecule has 0 amide bonds. The summed E-state index contributed by atoms with van der Waals surface area (Å²) in [7, 11) is 0. The van der Waals surface area contributed by atoms with Gasteiger partial charge in [-0.15, -0.1) is 0 Å². The minimum atomic E-state index is -0.548. The van der Waals surface area contributed by atoms with Crippen molar-refractivity contribution in [1.29, 1.82) is 5.26 Å². The summed E-state index contributed by atoms with van der Waals surface area (Å²) in [5, 5.41) is 25.6. The van der Waals surface area contributed by atoms with E-state index in [1.54, 1.807) is 29.5 Å². The second-order valence-corrected chi connectivity index (χ2v) is 4.65. The fraction of sp³-hybridized carbons (Fsp3) is 0.154. The average molecular weight is 259 g/mol. The van der Waals surface area contributed by atoms with Gasteiger partial charge in [-0.2, -0.15) is 16.6 Å². The number of nitrogens with one attached hydrogen (secondary N) is 1. The predicted molar refractivity (Wildman–Crippen MR) is 73.3 cm³/mol. The molecule has 2 aromatic rings. The number of nitrogens with two attached hydrogens (primary N) is 1. The fourth-order valence-corrected chi connectivity index (χ4v) is 2.28. The van der Waals surface area contributed by atoms with Crippen molar-refractivity contribution in [2.45, 2.75) is 6.10 Å². The van der Waals surface area contributed by atoms with Crippen LogP contribution >= 0.6 is 11.3 Å². The van der Waals surface area contributed by atoms with E-state index in [2.05, 4.69) is 5.32 Å². The smallest absolute Gasteiger partial charge is 0.101 e. The molecule has 1 aromatic heterocycles. The van der Waals surface area contributed by atoms with Gasteiger partial charge in [0, 0.05) is 12.2 Å². The second-order valence-electron chi connectivity index (χ2n) is 3.87. The van der Waals surface area contributed by atoms with Crippen LogP contribution in [0.15, 0.2) is 35.0 Å². The van der Waals surface area contributed by atoms with Crippen LogP contribution in [0.4, 0.5) is 11.4 Å². The molecule has 92 valence electrons. The highest BCUT2D eigenvalue weighted by Gasteiger charge is 2.07. The number of aliphatic hydroxyl groups is 1. The molecule has 0 aliphatic carbocycles. The van der Waals surface area contributed by atoms with E-state index >= 15 is 0 Å². The number of hydrogen-bond acceptors (Lipinski definition) is 5. The van der Waals surface area contributed by atoms with Crippen molar-refractivity contribution in [3.8, 4) is 6.07 Å². The Morgan fingerprint density at radius 3 is 2.89 bits per heavy atom. The van der Waals surface area contributed by atoms with E-state index in [1.807, 2.05) is 22.9 Å². The van der Waals surface area contributed by atoms with E-state index in [1.165, 1.54) is 0 Å². The largest absolute Gasteiger partial charge is 0.398 e. The van der Waals surface area contributed by atoms with Gasteiger partial charge in [0.15, 0.2) is 0 Å².